The third kappa shape index (κ3) is 5.64. The van der Waals surface area contributed by atoms with Gasteiger partial charge in [0.1, 0.15) is 11.3 Å². The second-order valence-corrected chi connectivity index (χ2v) is 15.3. The Labute approximate surface area is 328 Å². The van der Waals surface area contributed by atoms with Crippen molar-refractivity contribution >= 4 is 48.1 Å². The number of hydrogen-bond acceptors (Lipinski definition) is 5. The molecule has 0 bridgehead atoms. The molecule has 0 fully saturated rings. The summed E-state index contributed by atoms with van der Waals surface area (Å²) >= 11 is 1.85. The summed E-state index contributed by atoms with van der Waals surface area (Å²) in [6.45, 7) is 0. The van der Waals surface area contributed by atoms with E-state index in [-0.39, 0.29) is 0 Å². The summed E-state index contributed by atoms with van der Waals surface area (Å²) in [4.78, 5) is 15.3. The van der Waals surface area contributed by atoms with Crippen LogP contribution in [0.25, 0.3) is 92.9 Å². The molecule has 5 heteroatoms. The minimum Gasteiger partial charge on any atom is -0.460 e. The first-order chi connectivity index (χ1) is 27.7. The van der Waals surface area contributed by atoms with Gasteiger partial charge < -0.3 is 4.42 Å². The summed E-state index contributed by atoms with van der Waals surface area (Å²) in [5.74, 6) is 2.90. The van der Waals surface area contributed by atoms with E-state index in [4.69, 9.17) is 19.4 Å². The molecule has 0 spiro atoms. The van der Waals surface area contributed by atoms with Gasteiger partial charge in [-0.2, -0.15) is 0 Å². The van der Waals surface area contributed by atoms with Crippen LogP contribution in [0.5, 0.6) is 0 Å². The molecule has 4 nitrogen and oxygen atoms in total. The molecule has 264 valence electrons. The molecule has 0 aliphatic heterocycles. The third-order valence-corrected chi connectivity index (χ3v) is 11.9. The first-order valence-corrected chi connectivity index (χ1v) is 19.8. The fourth-order valence-corrected chi connectivity index (χ4v) is 9.27. The SMILES string of the molecule is C1=C(c2nc(-c3ccccc3)nc(-c3ccc(-c4ccccc4)cc3)n2)c2c(oc3cc(-c4cc(-c5ccccc5)cc5sc6ccccc6c45)ccc23)CC1. The first kappa shape index (κ1) is 32.5. The van der Waals surface area contributed by atoms with E-state index >= 15 is 0 Å². The molecule has 0 amide bonds. The molecule has 0 saturated carbocycles. The first-order valence-electron chi connectivity index (χ1n) is 19.0. The van der Waals surface area contributed by atoms with Gasteiger partial charge in [0.05, 0.1) is 0 Å². The monoisotopic (exact) mass is 735 g/mol. The molecular formula is C51H33N3OS. The van der Waals surface area contributed by atoms with E-state index < -0.39 is 0 Å². The Balaban J connectivity index is 1.04. The van der Waals surface area contributed by atoms with E-state index in [9.17, 15) is 0 Å². The van der Waals surface area contributed by atoms with Gasteiger partial charge in [-0.15, -0.1) is 11.3 Å². The molecule has 3 aromatic heterocycles. The number of allylic oxidation sites excluding steroid dienone is 1. The summed E-state index contributed by atoms with van der Waals surface area (Å²) in [6.07, 6.45) is 3.92. The van der Waals surface area contributed by atoms with Crippen molar-refractivity contribution in [3.63, 3.8) is 0 Å². The Bertz CT molecular complexity index is 3110. The number of furan rings is 1. The zero-order valence-electron chi connectivity index (χ0n) is 30.3. The maximum Gasteiger partial charge on any atom is 0.164 e. The van der Waals surface area contributed by atoms with Crippen molar-refractivity contribution in [2.45, 2.75) is 12.8 Å². The van der Waals surface area contributed by atoms with Crippen LogP contribution in [0.2, 0.25) is 0 Å². The summed E-state index contributed by atoms with van der Waals surface area (Å²) in [6, 6.07) is 59.8. The number of thiophene rings is 1. The molecule has 0 unspecified atom stereocenters. The Kier molecular flexibility index (Phi) is 7.78. The highest BCUT2D eigenvalue weighted by Gasteiger charge is 2.26. The number of aromatic nitrogens is 3. The van der Waals surface area contributed by atoms with Gasteiger partial charge in [-0.3, -0.25) is 0 Å². The average Bonchev–Trinajstić information content (AvgIpc) is 3.85. The maximum absolute atomic E-state index is 6.78. The van der Waals surface area contributed by atoms with E-state index in [1.165, 1.54) is 42.4 Å². The summed E-state index contributed by atoms with van der Waals surface area (Å²) < 4.78 is 9.34. The molecular weight excluding hydrogens is 703 g/mol. The van der Waals surface area contributed by atoms with Crippen molar-refractivity contribution in [1.29, 1.82) is 0 Å². The lowest BCUT2D eigenvalue weighted by molar-refractivity contribution is 0.545. The van der Waals surface area contributed by atoms with Gasteiger partial charge in [0.2, 0.25) is 0 Å². The summed E-state index contributed by atoms with van der Waals surface area (Å²) in [5.41, 5.74) is 11.9. The normalized spacial score (nSPS) is 12.6. The summed E-state index contributed by atoms with van der Waals surface area (Å²) in [7, 11) is 0. The Morgan fingerprint density at radius 3 is 1.75 bits per heavy atom. The van der Waals surface area contributed by atoms with E-state index in [1.54, 1.807) is 0 Å². The van der Waals surface area contributed by atoms with Gasteiger partial charge in [0.25, 0.3) is 0 Å². The van der Waals surface area contributed by atoms with Crippen molar-refractivity contribution in [2.24, 2.45) is 0 Å². The van der Waals surface area contributed by atoms with E-state index in [0.717, 1.165) is 63.0 Å². The van der Waals surface area contributed by atoms with Crippen molar-refractivity contribution < 1.29 is 4.42 Å². The van der Waals surface area contributed by atoms with Crippen LogP contribution in [0.15, 0.2) is 180 Å². The van der Waals surface area contributed by atoms with Crippen LogP contribution in [0.3, 0.4) is 0 Å². The smallest absolute Gasteiger partial charge is 0.164 e. The van der Waals surface area contributed by atoms with E-state index in [0.29, 0.717) is 17.5 Å². The number of nitrogens with zero attached hydrogens (tertiary/aromatic N) is 3. The standard InChI is InChI=1S/C51H33N3OS/c1-4-13-32(14-5-1)34-23-25-36(26-24-34)50-52-49(35-17-8-3-9-18-35)53-51(54-50)41-20-12-21-43-47(41)39-28-27-37(30-44(39)55-43)42-29-38(33-15-6-2-7-16-33)31-46-48(42)40-19-10-11-22-45(40)56-46/h1-11,13-20,22-31H,12,21H2. The molecule has 7 aromatic carbocycles. The van der Waals surface area contributed by atoms with Crippen LogP contribution >= 0.6 is 11.3 Å². The van der Waals surface area contributed by atoms with Crippen molar-refractivity contribution in [3.05, 3.63) is 193 Å². The predicted octanol–water partition coefficient (Wildman–Crippen LogP) is 13.7. The van der Waals surface area contributed by atoms with Crippen molar-refractivity contribution in [3.8, 4) is 56.2 Å². The van der Waals surface area contributed by atoms with Gasteiger partial charge >= 0.3 is 0 Å². The third-order valence-electron chi connectivity index (χ3n) is 10.8. The molecule has 3 heterocycles. The van der Waals surface area contributed by atoms with Gasteiger partial charge in [-0.05, 0) is 70.1 Å². The second kappa shape index (κ2) is 13.4. The van der Waals surface area contributed by atoms with Gasteiger partial charge in [0, 0.05) is 54.2 Å². The molecule has 0 N–H and O–H groups in total. The molecule has 0 saturated heterocycles. The lowest BCUT2D eigenvalue weighted by atomic mass is 9.91. The zero-order valence-corrected chi connectivity index (χ0v) is 31.1. The van der Waals surface area contributed by atoms with Gasteiger partial charge in [-0.1, -0.05) is 146 Å². The predicted molar refractivity (Wildman–Crippen MR) is 232 cm³/mol. The molecule has 10 aromatic rings. The Morgan fingerprint density at radius 1 is 0.446 bits per heavy atom. The average molecular weight is 736 g/mol. The maximum atomic E-state index is 6.78. The largest absolute Gasteiger partial charge is 0.460 e. The summed E-state index contributed by atoms with van der Waals surface area (Å²) in [5, 5.41) is 3.63. The highest BCUT2D eigenvalue weighted by atomic mass is 32.1. The molecule has 11 rings (SSSR count). The van der Waals surface area contributed by atoms with E-state index in [2.05, 4.69) is 152 Å². The van der Waals surface area contributed by atoms with Crippen LogP contribution in [0.1, 0.15) is 23.6 Å². The van der Waals surface area contributed by atoms with Gasteiger partial charge in [0.15, 0.2) is 17.5 Å². The van der Waals surface area contributed by atoms with Crippen LogP contribution in [-0.4, -0.2) is 15.0 Å². The fraction of sp³-hybridized carbons (Fsp3) is 0.0392. The molecule has 1 aliphatic rings. The number of hydrogen-bond donors (Lipinski definition) is 0. The quantitative estimate of drug-likeness (QED) is 0.171. The molecule has 0 radical (unpaired) electrons. The van der Waals surface area contributed by atoms with E-state index in [1.807, 2.05) is 35.6 Å². The highest BCUT2D eigenvalue weighted by molar-refractivity contribution is 7.26. The Morgan fingerprint density at radius 2 is 1.02 bits per heavy atom. The minimum atomic E-state index is 0.641. The lowest BCUT2D eigenvalue weighted by Gasteiger charge is -2.15. The molecule has 1 aliphatic carbocycles. The topological polar surface area (TPSA) is 51.8 Å². The number of aryl methyl sites for hydroxylation is 1. The van der Waals surface area contributed by atoms with Crippen LogP contribution in [-0.2, 0) is 6.42 Å². The van der Waals surface area contributed by atoms with Crippen molar-refractivity contribution in [1.82, 2.24) is 15.0 Å². The highest BCUT2D eigenvalue weighted by Crippen LogP contribution is 2.45. The van der Waals surface area contributed by atoms with Crippen LogP contribution in [0.4, 0.5) is 0 Å². The second-order valence-electron chi connectivity index (χ2n) is 14.2. The minimum absolute atomic E-state index is 0.641. The van der Waals surface area contributed by atoms with Gasteiger partial charge in [-0.25, -0.2) is 15.0 Å². The number of benzene rings is 7. The number of fused-ring (bicyclic) bond motifs is 6. The lowest BCUT2D eigenvalue weighted by Crippen LogP contribution is -2.06. The van der Waals surface area contributed by atoms with Crippen LogP contribution in [0, 0.1) is 0 Å². The Hall–Kier alpha value is -6.95. The van der Waals surface area contributed by atoms with Crippen LogP contribution < -0.4 is 0 Å². The zero-order chi connectivity index (χ0) is 37.0. The molecule has 56 heavy (non-hydrogen) atoms. The molecule has 0 atom stereocenters. The fourth-order valence-electron chi connectivity index (χ4n) is 8.10. The van der Waals surface area contributed by atoms with Crippen molar-refractivity contribution in [2.75, 3.05) is 0 Å². The number of rotatable bonds is 6.